The van der Waals surface area contributed by atoms with Gasteiger partial charge in [-0.3, -0.25) is 13.9 Å². The average molecular weight is 535 g/mol. The fourth-order valence-corrected chi connectivity index (χ4v) is 4.86. The fourth-order valence-electron chi connectivity index (χ4n) is 3.32. The quantitative estimate of drug-likeness (QED) is 0.491. The van der Waals surface area contributed by atoms with Gasteiger partial charge in [0.05, 0.1) is 11.9 Å². The molecule has 0 aromatic heterocycles. The van der Waals surface area contributed by atoms with E-state index in [0.717, 1.165) is 10.6 Å². The van der Waals surface area contributed by atoms with Gasteiger partial charge in [-0.05, 0) is 43.2 Å². The maximum absolute atomic E-state index is 13.5. The number of sulfonamides is 1. The van der Waals surface area contributed by atoms with Crippen LogP contribution in [0, 0.1) is 0 Å². The number of carbonyl (C=O) groups is 2. The van der Waals surface area contributed by atoms with Crippen LogP contribution in [0.25, 0.3) is 0 Å². The van der Waals surface area contributed by atoms with Crippen LogP contribution in [0.4, 0.5) is 5.69 Å². The van der Waals surface area contributed by atoms with Gasteiger partial charge in [-0.1, -0.05) is 59.9 Å². The topological polar surface area (TPSA) is 86.8 Å². The van der Waals surface area contributed by atoms with Gasteiger partial charge in [0, 0.05) is 28.2 Å². The van der Waals surface area contributed by atoms with Crippen molar-refractivity contribution in [3.05, 3.63) is 63.1 Å². The smallest absolute Gasteiger partial charge is 0.244 e. The van der Waals surface area contributed by atoms with Crippen molar-refractivity contribution >= 4 is 62.3 Å². The molecular weight excluding hydrogens is 509 g/mol. The molecule has 2 aromatic rings. The summed E-state index contributed by atoms with van der Waals surface area (Å²) in [5, 5.41) is 3.61. The number of halogens is 3. The molecule has 7 nitrogen and oxygen atoms in total. The second-order valence-corrected chi connectivity index (χ2v) is 10.5. The van der Waals surface area contributed by atoms with Gasteiger partial charge in [-0.25, -0.2) is 8.42 Å². The molecule has 0 aliphatic rings. The highest BCUT2D eigenvalue weighted by molar-refractivity contribution is 7.92. The molecule has 0 bridgehead atoms. The van der Waals surface area contributed by atoms with E-state index in [9.17, 15) is 18.0 Å². The van der Waals surface area contributed by atoms with Crippen LogP contribution in [0.15, 0.2) is 42.5 Å². The maximum atomic E-state index is 13.5. The molecule has 2 amide bonds. The van der Waals surface area contributed by atoms with Crippen molar-refractivity contribution in [2.45, 2.75) is 32.9 Å². The number of carbonyl (C=O) groups excluding carboxylic acids is 2. The van der Waals surface area contributed by atoms with E-state index in [0.29, 0.717) is 23.6 Å². The van der Waals surface area contributed by atoms with E-state index in [1.54, 1.807) is 38.1 Å². The summed E-state index contributed by atoms with van der Waals surface area (Å²) in [5.74, 6) is -0.911. The molecule has 0 aliphatic heterocycles. The van der Waals surface area contributed by atoms with E-state index >= 15 is 0 Å². The van der Waals surface area contributed by atoms with E-state index in [2.05, 4.69) is 5.32 Å². The van der Waals surface area contributed by atoms with Crippen molar-refractivity contribution in [1.29, 1.82) is 0 Å². The van der Waals surface area contributed by atoms with Gasteiger partial charge in [-0.2, -0.15) is 0 Å². The van der Waals surface area contributed by atoms with Gasteiger partial charge in [0.2, 0.25) is 21.8 Å². The molecule has 0 fully saturated rings. The Labute approximate surface area is 209 Å². The Bertz CT molecular complexity index is 1090. The summed E-state index contributed by atoms with van der Waals surface area (Å²) in [5.41, 5.74) is 0.777. The Balaban J connectivity index is 2.48. The molecule has 0 heterocycles. The summed E-state index contributed by atoms with van der Waals surface area (Å²) >= 11 is 18.4. The molecule has 11 heteroatoms. The number of likely N-dealkylation sites (N-methyl/N-ethyl adjacent to an activating group) is 1. The molecule has 1 atom stereocenters. The second kappa shape index (κ2) is 11.9. The maximum Gasteiger partial charge on any atom is 0.244 e. The molecule has 0 spiro atoms. The molecule has 0 aliphatic carbocycles. The number of hydrogen-bond acceptors (Lipinski definition) is 4. The summed E-state index contributed by atoms with van der Waals surface area (Å²) in [6.07, 6.45) is 1.30. The minimum atomic E-state index is -3.88. The van der Waals surface area contributed by atoms with Crippen molar-refractivity contribution in [2.24, 2.45) is 0 Å². The van der Waals surface area contributed by atoms with Crippen LogP contribution in [0.1, 0.15) is 25.8 Å². The molecule has 2 rings (SSSR count). The Morgan fingerprint density at radius 2 is 1.64 bits per heavy atom. The van der Waals surface area contributed by atoms with Crippen molar-refractivity contribution in [3.8, 4) is 0 Å². The minimum Gasteiger partial charge on any atom is -0.355 e. The lowest BCUT2D eigenvalue weighted by Gasteiger charge is -2.33. The molecule has 0 unspecified atom stereocenters. The van der Waals surface area contributed by atoms with Crippen molar-refractivity contribution in [1.82, 2.24) is 10.2 Å². The van der Waals surface area contributed by atoms with Crippen LogP contribution < -0.4 is 9.62 Å². The normalized spacial score (nSPS) is 12.2. The first-order valence-electron chi connectivity index (χ1n) is 10.2. The van der Waals surface area contributed by atoms with Crippen molar-refractivity contribution in [2.75, 3.05) is 23.7 Å². The monoisotopic (exact) mass is 533 g/mol. The zero-order chi connectivity index (χ0) is 24.8. The Morgan fingerprint density at radius 1 is 1.03 bits per heavy atom. The molecule has 33 heavy (non-hydrogen) atoms. The lowest BCUT2D eigenvalue weighted by molar-refractivity contribution is -0.140. The summed E-state index contributed by atoms with van der Waals surface area (Å²) in [6.45, 7) is 3.43. The third kappa shape index (κ3) is 7.50. The highest BCUT2D eigenvalue weighted by atomic mass is 35.5. The van der Waals surface area contributed by atoms with Crippen LogP contribution in [-0.4, -0.2) is 50.5 Å². The zero-order valence-electron chi connectivity index (χ0n) is 18.5. The first-order chi connectivity index (χ1) is 15.5. The van der Waals surface area contributed by atoms with Crippen LogP contribution >= 0.6 is 34.8 Å². The molecule has 0 saturated heterocycles. The van der Waals surface area contributed by atoms with Crippen LogP contribution in [0.5, 0.6) is 0 Å². The van der Waals surface area contributed by atoms with E-state index in [4.69, 9.17) is 34.8 Å². The van der Waals surface area contributed by atoms with Crippen LogP contribution in [0.3, 0.4) is 0 Å². The Hall–Kier alpha value is -2.00. The highest BCUT2D eigenvalue weighted by Crippen LogP contribution is 2.28. The second-order valence-electron chi connectivity index (χ2n) is 7.33. The van der Waals surface area contributed by atoms with E-state index < -0.39 is 28.5 Å². The van der Waals surface area contributed by atoms with Gasteiger partial charge in [0.25, 0.3) is 0 Å². The first-order valence-corrected chi connectivity index (χ1v) is 13.2. The number of amides is 2. The van der Waals surface area contributed by atoms with E-state index in [-0.39, 0.29) is 28.2 Å². The molecule has 1 N–H and O–H groups in total. The number of rotatable bonds is 10. The molecule has 0 radical (unpaired) electrons. The minimum absolute atomic E-state index is 0.0298. The summed E-state index contributed by atoms with van der Waals surface area (Å²) in [4.78, 5) is 27.6. The summed E-state index contributed by atoms with van der Waals surface area (Å²) < 4.78 is 26.1. The average Bonchev–Trinajstić information content (AvgIpc) is 2.71. The Morgan fingerprint density at radius 3 is 2.15 bits per heavy atom. The van der Waals surface area contributed by atoms with Crippen molar-refractivity contribution < 1.29 is 18.0 Å². The third-order valence-electron chi connectivity index (χ3n) is 4.85. The lowest BCUT2D eigenvalue weighted by atomic mass is 10.1. The van der Waals surface area contributed by atoms with Crippen LogP contribution in [0.2, 0.25) is 15.1 Å². The third-order valence-corrected chi connectivity index (χ3v) is 6.80. The van der Waals surface area contributed by atoms with Gasteiger partial charge in [0.1, 0.15) is 12.6 Å². The molecular formula is C22H26Cl3N3O4S. The van der Waals surface area contributed by atoms with Gasteiger partial charge in [0.15, 0.2) is 0 Å². The standard InChI is InChI=1S/C22H26Cl3N3O4S/c1-4-20(22(30)26-5-2)27(13-15-8-6-7-9-19(15)25)21(29)14-28(33(3,31)32)18-11-16(23)10-17(24)12-18/h6-12,20H,4-5,13-14H2,1-3H3,(H,26,30)/t20-/m1/s1. The van der Waals surface area contributed by atoms with Crippen molar-refractivity contribution in [3.63, 3.8) is 0 Å². The number of benzene rings is 2. The predicted molar refractivity (Wildman–Crippen MR) is 133 cm³/mol. The predicted octanol–water partition coefficient (Wildman–Crippen LogP) is 4.36. The Kier molecular flexibility index (Phi) is 9.84. The molecule has 2 aromatic carbocycles. The largest absolute Gasteiger partial charge is 0.355 e. The lowest BCUT2D eigenvalue weighted by Crippen LogP contribution is -2.52. The molecule has 180 valence electrons. The van der Waals surface area contributed by atoms with Crippen LogP contribution in [-0.2, 0) is 26.2 Å². The fraction of sp³-hybridized carbons (Fsp3) is 0.364. The zero-order valence-corrected chi connectivity index (χ0v) is 21.6. The summed E-state index contributed by atoms with van der Waals surface area (Å²) in [7, 11) is -3.88. The number of nitrogens with one attached hydrogen (secondary N) is 1. The number of nitrogens with zero attached hydrogens (tertiary/aromatic N) is 2. The van der Waals surface area contributed by atoms with E-state index in [1.807, 2.05) is 0 Å². The first kappa shape index (κ1) is 27.2. The molecule has 0 saturated carbocycles. The summed E-state index contributed by atoms with van der Waals surface area (Å²) in [6, 6.07) is 10.4. The SMILES string of the molecule is CCNC(=O)[C@@H](CC)N(Cc1ccccc1Cl)C(=O)CN(c1cc(Cl)cc(Cl)c1)S(C)(=O)=O. The number of anilines is 1. The highest BCUT2D eigenvalue weighted by Gasteiger charge is 2.32. The van der Waals surface area contributed by atoms with Gasteiger partial charge >= 0.3 is 0 Å². The van der Waals surface area contributed by atoms with Gasteiger partial charge < -0.3 is 10.2 Å². The van der Waals surface area contributed by atoms with Gasteiger partial charge in [-0.15, -0.1) is 0 Å². The van der Waals surface area contributed by atoms with E-state index in [1.165, 1.54) is 23.1 Å². The number of hydrogen-bond donors (Lipinski definition) is 1.